The Morgan fingerprint density at radius 1 is 1.29 bits per heavy atom. The van der Waals surface area contributed by atoms with E-state index in [1.54, 1.807) is 13.8 Å². The molecule has 0 aromatic rings. The molecule has 2 aliphatic rings. The molecule has 0 aromatic heterocycles. The van der Waals surface area contributed by atoms with Gasteiger partial charge in [-0.25, -0.2) is 9.59 Å². The molecule has 1 aliphatic carbocycles. The van der Waals surface area contributed by atoms with Crippen LogP contribution in [0.1, 0.15) is 46.5 Å². The summed E-state index contributed by atoms with van der Waals surface area (Å²) in [6.07, 6.45) is 2.99. The lowest BCUT2D eigenvalue weighted by atomic mass is 9.73. The van der Waals surface area contributed by atoms with E-state index in [-0.39, 0.29) is 17.9 Å². The van der Waals surface area contributed by atoms with Crippen molar-refractivity contribution in [1.29, 1.82) is 0 Å². The first-order valence-electron chi connectivity index (χ1n) is 8.25. The van der Waals surface area contributed by atoms with E-state index < -0.39 is 36.7 Å². The number of amides is 3. The standard InChI is InChI=1S/C16H24N2O6/c1-10(2)24-13(20)9-23-12(19)8-18-14(21)16(17-15(18)22)7-5-4-6-11(16)3/h10-11H,4-9H2,1-3H3,(H,17,22). The van der Waals surface area contributed by atoms with Crippen LogP contribution < -0.4 is 5.32 Å². The van der Waals surface area contributed by atoms with Crippen LogP contribution in [0, 0.1) is 5.92 Å². The molecule has 2 unspecified atom stereocenters. The highest BCUT2D eigenvalue weighted by atomic mass is 16.6. The number of hydrogen-bond donors (Lipinski definition) is 1. The highest BCUT2D eigenvalue weighted by Gasteiger charge is 2.55. The molecule has 134 valence electrons. The van der Waals surface area contributed by atoms with Crippen LogP contribution in [-0.2, 0) is 23.9 Å². The maximum atomic E-state index is 12.7. The van der Waals surface area contributed by atoms with Crippen LogP contribution in [0.5, 0.6) is 0 Å². The summed E-state index contributed by atoms with van der Waals surface area (Å²) in [6.45, 7) is 4.24. The second kappa shape index (κ2) is 7.19. The van der Waals surface area contributed by atoms with Gasteiger partial charge in [-0.05, 0) is 32.6 Å². The molecule has 1 saturated heterocycles. The molecule has 1 aliphatic heterocycles. The number of nitrogens with zero attached hydrogens (tertiary/aromatic N) is 1. The molecule has 24 heavy (non-hydrogen) atoms. The minimum Gasteiger partial charge on any atom is -0.460 e. The summed E-state index contributed by atoms with van der Waals surface area (Å²) < 4.78 is 9.62. The molecule has 1 spiro atoms. The van der Waals surface area contributed by atoms with Crippen molar-refractivity contribution in [3.8, 4) is 0 Å². The van der Waals surface area contributed by atoms with Crippen LogP contribution in [0.25, 0.3) is 0 Å². The van der Waals surface area contributed by atoms with E-state index in [9.17, 15) is 19.2 Å². The van der Waals surface area contributed by atoms with Crippen LogP contribution in [0.15, 0.2) is 0 Å². The summed E-state index contributed by atoms with van der Waals surface area (Å²) in [4.78, 5) is 48.8. The number of rotatable bonds is 5. The lowest BCUT2D eigenvalue weighted by molar-refractivity contribution is -0.162. The molecule has 2 rings (SSSR count). The predicted molar refractivity (Wildman–Crippen MR) is 82.8 cm³/mol. The largest absolute Gasteiger partial charge is 0.460 e. The lowest BCUT2D eigenvalue weighted by Gasteiger charge is -2.36. The summed E-state index contributed by atoms with van der Waals surface area (Å²) in [5.41, 5.74) is -0.911. The van der Waals surface area contributed by atoms with Crippen LogP contribution in [0.3, 0.4) is 0 Å². The normalized spacial score (nSPS) is 26.7. The third-order valence-corrected chi connectivity index (χ3v) is 4.51. The topological polar surface area (TPSA) is 102 Å². The second-order valence-electron chi connectivity index (χ2n) is 6.64. The van der Waals surface area contributed by atoms with Crippen molar-refractivity contribution in [3.05, 3.63) is 0 Å². The van der Waals surface area contributed by atoms with Gasteiger partial charge in [0.05, 0.1) is 6.10 Å². The van der Waals surface area contributed by atoms with E-state index in [0.29, 0.717) is 6.42 Å². The molecule has 8 heteroatoms. The highest BCUT2D eigenvalue weighted by Crippen LogP contribution is 2.38. The molecule has 2 fully saturated rings. The Hall–Kier alpha value is -2.12. The van der Waals surface area contributed by atoms with Crippen molar-refractivity contribution in [2.24, 2.45) is 5.92 Å². The molecule has 0 aromatic carbocycles. The minimum absolute atomic E-state index is 0.0183. The smallest absolute Gasteiger partial charge is 0.344 e. The molecule has 0 radical (unpaired) electrons. The van der Waals surface area contributed by atoms with E-state index in [4.69, 9.17) is 9.47 Å². The molecule has 1 N–H and O–H groups in total. The van der Waals surface area contributed by atoms with Gasteiger partial charge in [0.1, 0.15) is 12.1 Å². The van der Waals surface area contributed by atoms with E-state index in [2.05, 4.69) is 5.32 Å². The quantitative estimate of drug-likeness (QED) is 0.591. The molecular formula is C16H24N2O6. The molecule has 8 nitrogen and oxygen atoms in total. The zero-order chi connectivity index (χ0) is 17.9. The minimum atomic E-state index is -0.911. The van der Waals surface area contributed by atoms with Crippen molar-refractivity contribution in [2.45, 2.75) is 58.1 Å². The van der Waals surface area contributed by atoms with Gasteiger partial charge in [0, 0.05) is 0 Å². The van der Waals surface area contributed by atoms with Crippen molar-refractivity contribution in [1.82, 2.24) is 10.2 Å². The van der Waals surface area contributed by atoms with Crippen LogP contribution in [0.2, 0.25) is 0 Å². The van der Waals surface area contributed by atoms with Crippen molar-refractivity contribution in [3.63, 3.8) is 0 Å². The first kappa shape index (κ1) is 18.2. The Morgan fingerprint density at radius 3 is 2.62 bits per heavy atom. The molecule has 2 atom stereocenters. The zero-order valence-corrected chi connectivity index (χ0v) is 14.3. The number of ether oxygens (including phenoxy) is 2. The molecular weight excluding hydrogens is 316 g/mol. The maximum Gasteiger partial charge on any atom is 0.344 e. The van der Waals surface area contributed by atoms with E-state index in [0.717, 1.165) is 24.2 Å². The molecule has 0 bridgehead atoms. The fourth-order valence-electron chi connectivity index (χ4n) is 3.25. The summed E-state index contributed by atoms with van der Waals surface area (Å²) in [6, 6.07) is -0.588. The van der Waals surface area contributed by atoms with Crippen molar-refractivity contribution < 1.29 is 28.7 Å². The average molecular weight is 340 g/mol. The van der Waals surface area contributed by atoms with Gasteiger partial charge >= 0.3 is 18.0 Å². The summed E-state index contributed by atoms with van der Waals surface area (Å²) in [7, 11) is 0. The number of carbonyl (C=O) groups excluding carboxylic acids is 4. The van der Waals surface area contributed by atoms with Gasteiger partial charge in [-0.15, -0.1) is 0 Å². The van der Waals surface area contributed by atoms with Gasteiger partial charge in [0.2, 0.25) is 0 Å². The average Bonchev–Trinajstić information content (AvgIpc) is 2.73. The van der Waals surface area contributed by atoms with E-state index >= 15 is 0 Å². The Bertz CT molecular complexity index is 547. The molecule has 1 saturated carbocycles. The predicted octanol–water partition coefficient (Wildman–Crippen LogP) is 0.982. The molecule has 1 heterocycles. The van der Waals surface area contributed by atoms with Crippen LogP contribution in [0.4, 0.5) is 4.79 Å². The van der Waals surface area contributed by atoms with Gasteiger partial charge in [0.25, 0.3) is 5.91 Å². The fourth-order valence-corrected chi connectivity index (χ4v) is 3.25. The maximum absolute atomic E-state index is 12.7. The second-order valence-corrected chi connectivity index (χ2v) is 6.64. The number of urea groups is 1. The van der Waals surface area contributed by atoms with Crippen molar-refractivity contribution in [2.75, 3.05) is 13.2 Å². The number of esters is 2. The van der Waals surface area contributed by atoms with Gasteiger partial charge in [0.15, 0.2) is 6.61 Å². The third-order valence-electron chi connectivity index (χ3n) is 4.51. The summed E-state index contributed by atoms with van der Waals surface area (Å²) in [5.74, 6) is -1.86. The van der Waals surface area contributed by atoms with Crippen LogP contribution >= 0.6 is 0 Å². The van der Waals surface area contributed by atoms with Gasteiger partial charge in [-0.3, -0.25) is 14.5 Å². The monoisotopic (exact) mass is 340 g/mol. The molecule has 3 amide bonds. The first-order chi connectivity index (χ1) is 11.3. The zero-order valence-electron chi connectivity index (χ0n) is 14.3. The number of carbonyl (C=O) groups is 4. The summed E-state index contributed by atoms with van der Waals surface area (Å²) >= 11 is 0. The Labute approximate surface area is 140 Å². The number of imide groups is 1. The van der Waals surface area contributed by atoms with Crippen LogP contribution in [-0.4, -0.2) is 53.6 Å². The third kappa shape index (κ3) is 3.68. The number of nitrogens with one attached hydrogen (secondary N) is 1. The Morgan fingerprint density at radius 2 is 2.00 bits per heavy atom. The van der Waals surface area contributed by atoms with Gasteiger partial charge < -0.3 is 14.8 Å². The van der Waals surface area contributed by atoms with E-state index in [1.165, 1.54) is 0 Å². The van der Waals surface area contributed by atoms with Gasteiger partial charge in [-0.2, -0.15) is 0 Å². The Kier molecular flexibility index (Phi) is 5.46. The Balaban J connectivity index is 1.92. The van der Waals surface area contributed by atoms with Crippen molar-refractivity contribution >= 4 is 23.9 Å². The SMILES string of the molecule is CC(C)OC(=O)COC(=O)CN1C(=O)NC2(CCCCC2C)C1=O. The van der Waals surface area contributed by atoms with Gasteiger partial charge in [-0.1, -0.05) is 19.8 Å². The lowest BCUT2D eigenvalue weighted by Crippen LogP contribution is -2.54. The highest BCUT2D eigenvalue weighted by molar-refractivity contribution is 6.09. The number of hydrogen-bond acceptors (Lipinski definition) is 6. The van der Waals surface area contributed by atoms with E-state index in [1.807, 2.05) is 6.92 Å². The first-order valence-corrected chi connectivity index (χ1v) is 8.25. The summed E-state index contributed by atoms with van der Waals surface area (Å²) in [5, 5.41) is 2.75. The fraction of sp³-hybridized carbons (Fsp3) is 0.750.